The Hall–Kier alpha value is -2.32. The average Bonchev–Trinajstić information content (AvgIpc) is 3.55. The van der Waals surface area contributed by atoms with E-state index in [1.54, 1.807) is 19.5 Å². The highest BCUT2D eigenvalue weighted by Crippen LogP contribution is 2.37. The molecule has 1 saturated carbocycles. The number of pyridine rings is 2. The maximum atomic E-state index is 11.9. The molecule has 0 atom stereocenters. The minimum absolute atomic E-state index is 0.0820. The Kier molecular flexibility index (Phi) is 5.45. The third kappa shape index (κ3) is 4.51. The van der Waals surface area contributed by atoms with Gasteiger partial charge in [0.05, 0.1) is 23.9 Å². The summed E-state index contributed by atoms with van der Waals surface area (Å²) in [5.41, 5.74) is 0.723. The Bertz CT molecular complexity index is 821. The SMILES string of the molecule is COc1cc(N2CCNCC2)ncc1Sc1cncc(NC(=O)C2CC2)c1. The number of nitrogens with one attached hydrogen (secondary N) is 2. The van der Waals surface area contributed by atoms with Crippen LogP contribution in [0.2, 0.25) is 0 Å². The number of rotatable bonds is 6. The summed E-state index contributed by atoms with van der Waals surface area (Å²) >= 11 is 1.53. The zero-order chi connectivity index (χ0) is 18.6. The van der Waals surface area contributed by atoms with E-state index >= 15 is 0 Å². The van der Waals surface area contributed by atoms with Gasteiger partial charge in [0.2, 0.25) is 5.91 Å². The summed E-state index contributed by atoms with van der Waals surface area (Å²) < 4.78 is 5.59. The third-order valence-corrected chi connectivity index (χ3v) is 5.62. The van der Waals surface area contributed by atoms with Crippen molar-refractivity contribution in [3.63, 3.8) is 0 Å². The molecule has 2 aromatic heterocycles. The first-order valence-electron chi connectivity index (χ1n) is 9.16. The fourth-order valence-corrected chi connectivity index (χ4v) is 3.88. The summed E-state index contributed by atoms with van der Waals surface area (Å²) in [5.74, 6) is 1.97. The van der Waals surface area contributed by atoms with E-state index in [4.69, 9.17) is 4.74 Å². The van der Waals surface area contributed by atoms with Crippen molar-refractivity contribution in [3.05, 3.63) is 30.7 Å². The zero-order valence-corrected chi connectivity index (χ0v) is 16.1. The molecule has 0 bridgehead atoms. The predicted octanol–water partition coefficient (Wildman–Crippen LogP) is 2.39. The van der Waals surface area contributed by atoms with Crippen LogP contribution in [0.4, 0.5) is 11.5 Å². The fraction of sp³-hybridized carbons (Fsp3) is 0.421. The number of methoxy groups -OCH3 is 1. The van der Waals surface area contributed by atoms with E-state index in [9.17, 15) is 4.79 Å². The minimum Gasteiger partial charge on any atom is -0.495 e. The first kappa shape index (κ1) is 18.1. The zero-order valence-electron chi connectivity index (χ0n) is 15.3. The standard InChI is InChI=1S/C19H23N5O2S/c1-26-16-9-18(24-6-4-20-5-7-24)22-12-17(16)27-15-8-14(10-21-11-15)23-19(25)13-2-3-13/h8-13,20H,2-7H2,1H3,(H,23,25). The monoisotopic (exact) mass is 385 g/mol. The molecule has 0 radical (unpaired) electrons. The van der Waals surface area contributed by atoms with Crippen molar-refractivity contribution in [1.29, 1.82) is 0 Å². The average molecular weight is 385 g/mol. The number of hydrogen-bond acceptors (Lipinski definition) is 7. The minimum atomic E-state index is 0.0820. The molecule has 1 amide bonds. The largest absolute Gasteiger partial charge is 0.495 e. The normalized spacial score (nSPS) is 16.9. The molecule has 7 nitrogen and oxygen atoms in total. The molecular formula is C19H23N5O2S. The quantitative estimate of drug-likeness (QED) is 0.790. The van der Waals surface area contributed by atoms with Crippen LogP contribution >= 0.6 is 11.8 Å². The molecule has 27 heavy (non-hydrogen) atoms. The fourth-order valence-electron chi connectivity index (χ4n) is 2.98. The summed E-state index contributed by atoms with van der Waals surface area (Å²) in [6, 6.07) is 3.92. The summed E-state index contributed by atoms with van der Waals surface area (Å²) in [6.07, 6.45) is 7.26. The first-order chi connectivity index (χ1) is 13.2. The molecule has 2 N–H and O–H groups in total. The van der Waals surface area contributed by atoms with Gasteiger partial charge in [0.25, 0.3) is 0 Å². The maximum Gasteiger partial charge on any atom is 0.227 e. The lowest BCUT2D eigenvalue weighted by Gasteiger charge is -2.28. The molecule has 3 heterocycles. The molecule has 1 saturated heterocycles. The maximum absolute atomic E-state index is 11.9. The van der Waals surface area contributed by atoms with Crippen molar-refractivity contribution in [2.75, 3.05) is 43.5 Å². The predicted molar refractivity (Wildman–Crippen MR) is 106 cm³/mol. The van der Waals surface area contributed by atoms with Gasteiger partial charge in [-0.05, 0) is 18.9 Å². The van der Waals surface area contributed by atoms with Gasteiger partial charge in [-0.15, -0.1) is 0 Å². The topological polar surface area (TPSA) is 79.4 Å². The highest BCUT2D eigenvalue weighted by atomic mass is 32.2. The first-order valence-corrected chi connectivity index (χ1v) is 9.98. The molecule has 2 fully saturated rings. The van der Waals surface area contributed by atoms with Gasteiger partial charge < -0.3 is 20.3 Å². The van der Waals surface area contributed by atoms with E-state index < -0.39 is 0 Å². The van der Waals surface area contributed by atoms with Crippen molar-refractivity contribution in [3.8, 4) is 5.75 Å². The Morgan fingerprint density at radius 3 is 2.81 bits per heavy atom. The molecule has 0 aromatic carbocycles. The van der Waals surface area contributed by atoms with Crippen LogP contribution in [-0.2, 0) is 4.79 Å². The van der Waals surface area contributed by atoms with E-state index in [0.29, 0.717) is 0 Å². The van der Waals surface area contributed by atoms with Gasteiger partial charge in [-0.25, -0.2) is 4.98 Å². The Morgan fingerprint density at radius 1 is 1.26 bits per heavy atom. The highest BCUT2D eigenvalue weighted by molar-refractivity contribution is 7.99. The van der Waals surface area contributed by atoms with Crippen molar-refractivity contribution in [2.45, 2.75) is 22.6 Å². The summed E-state index contributed by atoms with van der Waals surface area (Å²) in [5, 5.41) is 6.28. The van der Waals surface area contributed by atoms with Crippen molar-refractivity contribution in [1.82, 2.24) is 15.3 Å². The Labute approximate surface area is 162 Å². The van der Waals surface area contributed by atoms with E-state index in [1.165, 1.54) is 11.8 Å². The molecule has 1 aliphatic carbocycles. The Balaban J connectivity index is 1.48. The van der Waals surface area contributed by atoms with Crippen molar-refractivity contribution in [2.24, 2.45) is 5.92 Å². The molecular weight excluding hydrogens is 362 g/mol. The molecule has 2 aromatic rings. The van der Waals surface area contributed by atoms with Crippen LogP contribution in [0, 0.1) is 5.92 Å². The molecule has 0 unspecified atom stereocenters. The smallest absolute Gasteiger partial charge is 0.227 e. The van der Waals surface area contributed by atoms with E-state index in [-0.39, 0.29) is 11.8 Å². The van der Waals surface area contributed by atoms with Crippen molar-refractivity contribution >= 4 is 29.2 Å². The molecule has 2 aliphatic rings. The van der Waals surface area contributed by atoms with Gasteiger partial charge in [-0.3, -0.25) is 9.78 Å². The lowest BCUT2D eigenvalue weighted by Crippen LogP contribution is -2.43. The van der Waals surface area contributed by atoms with Crippen LogP contribution in [-0.4, -0.2) is 49.2 Å². The second-order valence-electron chi connectivity index (χ2n) is 6.71. The molecule has 1 aliphatic heterocycles. The summed E-state index contributed by atoms with van der Waals surface area (Å²) in [6.45, 7) is 3.81. The van der Waals surface area contributed by atoms with Crippen LogP contribution in [0.15, 0.2) is 40.5 Å². The van der Waals surface area contributed by atoms with Crippen LogP contribution < -0.4 is 20.3 Å². The molecule has 8 heteroatoms. The lowest BCUT2D eigenvalue weighted by atomic mass is 10.3. The number of hydrogen-bond donors (Lipinski definition) is 2. The van der Waals surface area contributed by atoms with Gasteiger partial charge in [-0.2, -0.15) is 0 Å². The molecule has 4 rings (SSSR count). The van der Waals surface area contributed by atoms with E-state index in [0.717, 1.165) is 66.1 Å². The van der Waals surface area contributed by atoms with Crippen LogP contribution in [0.3, 0.4) is 0 Å². The van der Waals surface area contributed by atoms with Gasteiger partial charge in [0.15, 0.2) is 0 Å². The number of carbonyl (C=O) groups is 1. The van der Waals surface area contributed by atoms with Gasteiger partial charge in [0.1, 0.15) is 11.6 Å². The number of carbonyl (C=O) groups excluding carboxylic acids is 1. The number of aromatic nitrogens is 2. The second-order valence-corrected chi connectivity index (χ2v) is 7.82. The number of nitrogens with zero attached hydrogens (tertiary/aromatic N) is 3. The number of piperazine rings is 1. The Morgan fingerprint density at radius 2 is 2.07 bits per heavy atom. The lowest BCUT2D eigenvalue weighted by molar-refractivity contribution is -0.117. The number of anilines is 2. The molecule has 142 valence electrons. The summed E-state index contributed by atoms with van der Waals surface area (Å²) in [4.78, 5) is 24.9. The number of ether oxygens (including phenoxy) is 1. The van der Waals surface area contributed by atoms with Gasteiger partial charge in [0, 0.05) is 55.5 Å². The van der Waals surface area contributed by atoms with Crippen molar-refractivity contribution < 1.29 is 9.53 Å². The van der Waals surface area contributed by atoms with Crippen LogP contribution in [0.1, 0.15) is 12.8 Å². The van der Waals surface area contributed by atoms with E-state index in [2.05, 4.69) is 25.5 Å². The van der Waals surface area contributed by atoms with Gasteiger partial charge in [-0.1, -0.05) is 11.8 Å². The molecule has 0 spiro atoms. The second kappa shape index (κ2) is 8.14. The van der Waals surface area contributed by atoms with E-state index in [1.807, 2.05) is 18.3 Å². The van der Waals surface area contributed by atoms with Crippen LogP contribution in [0.25, 0.3) is 0 Å². The summed E-state index contributed by atoms with van der Waals surface area (Å²) in [7, 11) is 1.67. The highest BCUT2D eigenvalue weighted by Gasteiger charge is 2.29. The third-order valence-electron chi connectivity index (χ3n) is 4.63. The number of amides is 1. The van der Waals surface area contributed by atoms with Crippen LogP contribution in [0.5, 0.6) is 5.75 Å². The van der Waals surface area contributed by atoms with Gasteiger partial charge >= 0.3 is 0 Å².